The van der Waals surface area contributed by atoms with Crippen LogP contribution in [0.1, 0.15) is 32.6 Å². The van der Waals surface area contributed by atoms with E-state index < -0.39 is 0 Å². The molecular weight excluding hydrogens is 292 g/mol. The van der Waals surface area contributed by atoms with Crippen LogP contribution in [0.4, 0.5) is 5.95 Å². The SMILES string of the molecule is CC1N(CC2CC2)C(=O)COC12CCN(c1ncccn1)CC2. The summed E-state index contributed by atoms with van der Waals surface area (Å²) in [6, 6.07) is 1.99. The van der Waals surface area contributed by atoms with E-state index in [0.717, 1.165) is 38.4 Å². The number of nitrogens with zero attached hydrogens (tertiary/aromatic N) is 4. The molecule has 124 valence electrons. The molecule has 1 unspecified atom stereocenters. The Balaban J connectivity index is 1.45. The van der Waals surface area contributed by atoms with Gasteiger partial charge in [0.25, 0.3) is 0 Å². The van der Waals surface area contributed by atoms with Crippen LogP contribution < -0.4 is 4.90 Å². The van der Waals surface area contributed by atoms with E-state index in [1.165, 1.54) is 12.8 Å². The van der Waals surface area contributed by atoms with Crippen molar-refractivity contribution in [1.82, 2.24) is 14.9 Å². The van der Waals surface area contributed by atoms with Crippen molar-refractivity contribution in [3.05, 3.63) is 18.5 Å². The van der Waals surface area contributed by atoms with E-state index in [2.05, 4.69) is 26.7 Å². The van der Waals surface area contributed by atoms with Crippen molar-refractivity contribution in [2.75, 3.05) is 31.1 Å². The number of morpholine rings is 1. The van der Waals surface area contributed by atoms with Gasteiger partial charge in [-0.3, -0.25) is 4.79 Å². The highest BCUT2D eigenvalue weighted by Crippen LogP contribution is 2.38. The summed E-state index contributed by atoms with van der Waals surface area (Å²) in [5.41, 5.74) is -0.200. The first-order chi connectivity index (χ1) is 11.2. The molecule has 1 saturated carbocycles. The number of piperidine rings is 1. The van der Waals surface area contributed by atoms with Gasteiger partial charge in [-0.2, -0.15) is 0 Å². The van der Waals surface area contributed by atoms with Crippen LogP contribution in [0.5, 0.6) is 0 Å². The molecule has 3 heterocycles. The predicted molar refractivity (Wildman–Crippen MR) is 86.1 cm³/mol. The van der Waals surface area contributed by atoms with E-state index in [-0.39, 0.29) is 24.2 Å². The number of carbonyl (C=O) groups excluding carboxylic acids is 1. The van der Waals surface area contributed by atoms with E-state index in [9.17, 15) is 4.79 Å². The standard InChI is InChI=1S/C17H24N4O2/c1-13-17(23-12-15(22)21(13)11-14-3-4-14)5-9-20(10-6-17)16-18-7-2-8-19-16/h2,7-8,13-14H,3-6,9-12H2,1H3. The fourth-order valence-corrected chi connectivity index (χ4v) is 3.85. The number of aromatic nitrogens is 2. The molecule has 1 amide bonds. The number of hydrogen-bond acceptors (Lipinski definition) is 5. The molecule has 1 aliphatic carbocycles. The molecule has 3 fully saturated rings. The molecule has 2 saturated heterocycles. The molecule has 4 rings (SSSR count). The lowest BCUT2D eigenvalue weighted by atomic mass is 9.82. The van der Waals surface area contributed by atoms with Gasteiger partial charge in [-0.25, -0.2) is 9.97 Å². The van der Waals surface area contributed by atoms with Gasteiger partial charge in [-0.15, -0.1) is 0 Å². The van der Waals surface area contributed by atoms with E-state index in [0.29, 0.717) is 5.92 Å². The van der Waals surface area contributed by atoms with Crippen molar-refractivity contribution in [2.45, 2.75) is 44.2 Å². The van der Waals surface area contributed by atoms with Crippen LogP contribution in [-0.2, 0) is 9.53 Å². The van der Waals surface area contributed by atoms with Gasteiger partial charge in [-0.1, -0.05) is 0 Å². The zero-order valence-corrected chi connectivity index (χ0v) is 13.6. The minimum Gasteiger partial charge on any atom is -0.363 e. The van der Waals surface area contributed by atoms with Crippen molar-refractivity contribution >= 4 is 11.9 Å². The number of rotatable bonds is 3. The first-order valence-electron chi connectivity index (χ1n) is 8.63. The third-order valence-electron chi connectivity index (χ3n) is 5.63. The minimum atomic E-state index is -0.200. The number of amides is 1. The van der Waals surface area contributed by atoms with Crippen LogP contribution in [-0.4, -0.2) is 58.7 Å². The van der Waals surface area contributed by atoms with Crippen molar-refractivity contribution in [1.29, 1.82) is 0 Å². The number of anilines is 1. The highest BCUT2D eigenvalue weighted by atomic mass is 16.5. The Bertz CT molecular complexity index is 567. The maximum Gasteiger partial charge on any atom is 0.248 e. The molecule has 0 N–H and O–H groups in total. The lowest BCUT2D eigenvalue weighted by Crippen LogP contribution is -2.64. The fourth-order valence-electron chi connectivity index (χ4n) is 3.85. The first kappa shape index (κ1) is 14.9. The summed E-state index contributed by atoms with van der Waals surface area (Å²) in [7, 11) is 0. The van der Waals surface area contributed by atoms with Gasteiger partial charge in [0.1, 0.15) is 6.61 Å². The van der Waals surface area contributed by atoms with Gasteiger partial charge >= 0.3 is 0 Å². The van der Waals surface area contributed by atoms with Crippen LogP contribution in [0.2, 0.25) is 0 Å². The van der Waals surface area contributed by atoms with Crippen LogP contribution in [0.3, 0.4) is 0 Å². The summed E-state index contributed by atoms with van der Waals surface area (Å²) < 4.78 is 6.09. The maximum absolute atomic E-state index is 12.3. The summed E-state index contributed by atoms with van der Waals surface area (Å²) in [6.45, 7) is 5.06. The van der Waals surface area contributed by atoms with Crippen LogP contribution in [0.25, 0.3) is 0 Å². The monoisotopic (exact) mass is 316 g/mol. The van der Waals surface area contributed by atoms with E-state index in [1.54, 1.807) is 12.4 Å². The van der Waals surface area contributed by atoms with E-state index >= 15 is 0 Å². The lowest BCUT2D eigenvalue weighted by molar-refractivity contribution is -0.181. The second kappa shape index (κ2) is 5.74. The average Bonchev–Trinajstić information content (AvgIpc) is 3.41. The molecule has 1 spiro atoms. The maximum atomic E-state index is 12.3. The van der Waals surface area contributed by atoms with Gasteiger partial charge in [0.15, 0.2) is 0 Å². The topological polar surface area (TPSA) is 58.6 Å². The molecule has 3 aliphatic rings. The Morgan fingerprint density at radius 2 is 1.96 bits per heavy atom. The highest BCUT2D eigenvalue weighted by Gasteiger charge is 2.49. The Labute approximate surface area is 136 Å². The predicted octanol–water partition coefficient (Wildman–Crippen LogP) is 1.47. The Morgan fingerprint density at radius 1 is 1.26 bits per heavy atom. The van der Waals surface area contributed by atoms with Crippen LogP contribution in [0, 0.1) is 5.92 Å². The molecule has 1 aromatic rings. The van der Waals surface area contributed by atoms with Crippen molar-refractivity contribution < 1.29 is 9.53 Å². The quantitative estimate of drug-likeness (QED) is 0.845. The smallest absolute Gasteiger partial charge is 0.248 e. The Hall–Kier alpha value is -1.69. The average molecular weight is 316 g/mol. The van der Waals surface area contributed by atoms with Gasteiger partial charge < -0.3 is 14.5 Å². The Morgan fingerprint density at radius 3 is 2.61 bits per heavy atom. The molecule has 0 aromatic carbocycles. The fraction of sp³-hybridized carbons (Fsp3) is 0.706. The van der Waals surface area contributed by atoms with E-state index in [1.807, 2.05) is 6.07 Å². The largest absolute Gasteiger partial charge is 0.363 e. The van der Waals surface area contributed by atoms with Crippen LogP contribution >= 0.6 is 0 Å². The van der Waals surface area contributed by atoms with Crippen molar-refractivity contribution in [3.63, 3.8) is 0 Å². The van der Waals surface area contributed by atoms with Crippen LogP contribution in [0.15, 0.2) is 18.5 Å². The van der Waals surface area contributed by atoms with E-state index in [4.69, 9.17) is 4.74 Å². The van der Waals surface area contributed by atoms with Crippen molar-refractivity contribution in [2.24, 2.45) is 5.92 Å². The van der Waals surface area contributed by atoms with Gasteiger partial charge in [-0.05, 0) is 44.6 Å². The van der Waals surface area contributed by atoms with Crippen molar-refractivity contribution in [3.8, 4) is 0 Å². The summed E-state index contributed by atoms with van der Waals surface area (Å²) >= 11 is 0. The zero-order valence-electron chi connectivity index (χ0n) is 13.6. The molecule has 2 aliphatic heterocycles. The lowest BCUT2D eigenvalue weighted by Gasteiger charge is -2.51. The summed E-state index contributed by atoms with van der Waals surface area (Å²) in [5, 5.41) is 0. The second-order valence-corrected chi connectivity index (χ2v) is 7.05. The molecule has 6 nitrogen and oxygen atoms in total. The summed E-state index contributed by atoms with van der Waals surface area (Å²) in [6.07, 6.45) is 7.93. The normalized spacial score (nSPS) is 27.5. The third kappa shape index (κ3) is 2.80. The molecule has 1 atom stereocenters. The molecule has 1 aromatic heterocycles. The van der Waals surface area contributed by atoms with Gasteiger partial charge in [0, 0.05) is 32.0 Å². The van der Waals surface area contributed by atoms with Gasteiger partial charge in [0.05, 0.1) is 11.6 Å². The molecule has 0 bridgehead atoms. The number of carbonyl (C=O) groups is 1. The summed E-state index contributed by atoms with van der Waals surface area (Å²) in [4.78, 5) is 25.2. The number of ether oxygens (including phenoxy) is 1. The first-order valence-corrected chi connectivity index (χ1v) is 8.63. The third-order valence-corrected chi connectivity index (χ3v) is 5.63. The van der Waals surface area contributed by atoms with Gasteiger partial charge in [0.2, 0.25) is 11.9 Å². The molecule has 23 heavy (non-hydrogen) atoms. The molecular formula is C17H24N4O2. The molecule has 0 radical (unpaired) electrons. The second-order valence-electron chi connectivity index (χ2n) is 7.05. The minimum absolute atomic E-state index is 0.156. The highest BCUT2D eigenvalue weighted by molar-refractivity contribution is 5.79. The Kier molecular flexibility index (Phi) is 3.71. The molecule has 6 heteroatoms. The zero-order chi connectivity index (χ0) is 15.9. The number of hydrogen-bond donors (Lipinski definition) is 0. The summed E-state index contributed by atoms with van der Waals surface area (Å²) in [5.74, 6) is 1.66.